The number of ether oxygens (including phenoxy) is 1. The zero-order valence-electron chi connectivity index (χ0n) is 8.59. The molecule has 2 aromatic rings. The second kappa shape index (κ2) is 5.29. The molecule has 4 nitrogen and oxygen atoms in total. The molecule has 0 aliphatic rings. The van der Waals surface area contributed by atoms with Gasteiger partial charge >= 0.3 is 5.97 Å². The molecule has 2 rings (SSSR count). The number of rotatable bonds is 4. The number of aromatic carboxylic acids is 1. The Labute approximate surface area is 110 Å². The lowest BCUT2D eigenvalue weighted by Gasteiger charge is -2.04. The van der Waals surface area contributed by atoms with E-state index >= 15 is 0 Å². The molecular formula is C11H8BrNO3S. The molecule has 0 fully saturated rings. The van der Waals surface area contributed by atoms with Crippen LogP contribution in [0.3, 0.4) is 0 Å². The van der Waals surface area contributed by atoms with Crippen LogP contribution in [0.4, 0.5) is 0 Å². The van der Waals surface area contributed by atoms with Crippen molar-refractivity contribution in [1.82, 2.24) is 4.98 Å². The highest BCUT2D eigenvalue weighted by Crippen LogP contribution is 2.21. The second-order valence-corrected chi connectivity index (χ2v) is 5.15. The number of halogens is 1. The van der Waals surface area contributed by atoms with Gasteiger partial charge in [-0.1, -0.05) is 0 Å². The quantitative estimate of drug-likeness (QED) is 0.941. The summed E-state index contributed by atoms with van der Waals surface area (Å²) in [4.78, 5) is 15.6. The first kappa shape index (κ1) is 12.1. The minimum Gasteiger partial charge on any atom is -0.486 e. The summed E-state index contributed by atoms with van der Waals surface area (Å²) in [6.45, 7) is 0.404. The maximum absolute atomic E-state index is 10.7. The van der Waals surface area contributed by atoms with Crippen molar-refractivity contribution in [1.29, 1.82) is 0 Å². The largest absolute Gasteiger partial charge is 0.486 e. The Kier molecular flexibility index (Phi) is 3.75. The zero-order chi connectivity index (χ0) is 12.3. The van der Waals surface area contributed by atoms with Crippen LogP contribution in [-0.4, -0.2) is 16.1 Å². The van der Waals surface area contributed by atoms with Gasteiger partial charge in [-0.3, -0.25) is 4.98 Å². The number of hydrogen-bond donors (Lipinski definition) is 1. The smallest absolute Gasteiger partial charge is 0.337 e. The fourth-order valence-electron chi connectivity index (χ4n) is 1.20. The van der Waals surface area contributed by atoms with E-state index in [2.05, 4.69) is 20.9 Å². The van der Waals surface area contributed by atoms with Gasteiger partial charge in [0.05, 0.1) is 11.8 Å². The fraction of sp³-hybridized carbons (Fsp3) is 0.0909. The van der Waals surface area contributed by atoms with Crippen LogP contribution in [0.15, 0.2) is 34.4 Å². The minimum atomic E-state index is -1.01. The molecule has 17 heavy (non-hydrogen) atoms. The predicted molar refractivity (Wildman–Crippen MR) is 67.5 cm³/mol. The number of carbonyl (C=O) groups is 1. The van der Waals surface area contributed by atoms with Crippen LogP contribution in [0.1, 0.15) is 15.2 Å². The van der Waals surface area contributed by atoms with E-state index in [0.29, 0.717) is 12.4 Å². The molecule has 88 valence electrons. The van der Waals surface area contributed by atoms with Crippen molar-refractivity contribution in [3.8, 4) is 5.75 Å². The van der Waals surface area contributed by atoms with E-state index in [4.69, 9.17) is 9.84 Å². The molecule has 0 spiro atoms. The van der Waals surface area contributed by atoms with Crippen LogP contribution in [-0.2, 0) is 6.61 Å². The summed E-state index contributed by atoms with van der Waals surface area (Å²) in [5.41, 5.74) is 0.120. The highest BCUT2D eigenvalue weighted by Gasteiger charge is 2.05. The molecule has 0 aliphatic carbocycles. The lowest BCUT2D eigenvalue weighted by molar-refractivity contribution is 0.0696. The zero-order valence-corrected chi connectivity index (χ0v) is 11.0. The number of pyridine rings is 1. The third-order valence-corrected chi connectivity index (χ3v) is 3.63. The van der Waals surface area contributed by atoms with Gasteiger partial charge in [0.2, 0.25) is 0 Å². The Morgan fingerprint density at radius 1 is 1.47 bits per heavy atom. The lowest BCUT2D eigenvalue weighted by Crippen LogP contribution is -1.99. The van der Waals surface area contributed by atoms with Crippen LogP contribution < -0.4 is 4.74 Å². The van der Waals surface area contributed by atoms with E-state index in [1.54, 1.807) is 11.3 Å². The van der Waals surface area contributed by atoms with Crippen LogP contribution in [0.5, 0.6) is 5.75 Å². The summed E-state index contributed by atoms with van der Waals surface area (Å²) in [5, 5.41) is 10.8. The molecule has 0 amide bonds. The standard InChI is InChI=1S/C11H8BrNO3S/c12-8-2-10(17-6-8)5-16-9-1-7(11(14)15)3-13-4-9/h1-4,6H,5H2,(H,14,15). The van der Waals surface area contributed by atoms with Crippen molar-refractivity contribution in [2.24, 2.45) is 0 Å². The first-order valence-corrected chi connectivity index (χ1v) is 6.36. The van der Waals surface area contributed by atoms with E-state index < -0.39 is 5.97 Å². The third-order valence-electron chi connectivity index (χ3n) is 1.96. The highest BCUT2D eigenvalue weighted by atomic mass is 79.9. The average molecular weight is 314 g/mol. The number of hydrogen-bond acceptors (Lipinski definition) is 4. The molecule has 2 aromatic heterocycles. The van der Waals surface area contributed by atoms with Gasteiger partial charge in [0.25, 0.3) is 0 Å². The second-order valence-electron chi connectivity index (χ2n) is 3.23. The SMILES string of the molecule is O=C(O)c1cncc(OCc2cc(Br)cs2)c1. The Balaban J connectivity index is 2.04. The van der Waals surface area contributed by atoms with Crippen molar-refractivity contribution >= 4 is 33.2 Å². The van der Waals surface area contributed by atoms with E-state index in [-0.39, 0.29) is 5.56 Å². The normalized spacial score (nSPS) is 10.2. The highest BCUT2D eigenvalue weighted by molar-refractivity contribution is 9.10. The van der Waals surface area contributed by atoms with Gasteiger partial charge in [0, 0.05) is 20.9 Å². The molecule has 0 saturated carbocycles. The Morgan fingerprint density at radius 2 is 2.29 bits per heavy atom. The number of aromatic nitrogens is 1. The van der Waals surface area contributed by atoms with E-state index in [9.17, 15) is 4.79 Å². The van der Waals surface area contributed by atoms with Gasteiger partial charge in [-0.25, -0.2) is 4.79 Å². The molecule has 0 bridgehead atoms. The molecule has 1 N–H and O–H groups in total. The van der Waals surface area contributed by atoms with Gasteiger partial charge in [-0.2, -0.15) is 0 Å². The topological polar surface area (TPSA) is 59.4 Å². The maximum atomic E-state index is 10.7. The summed E-state index contributed by atoms with van der Waals surface area (Å²) < 4.78 is 6.47. The van der Waals surface area contributed by atoms with Crippen molar-refractivity contribution in [3.63, 3.8) is 0 Å². The summed E-state index contributed by atoms with van der Waals surface area (Å²) in [7, 11) is 0. The summed E-state index contributed by atoms with van der Waals surface area (Å²) in [6.07, 6.45) is 2.78. The Hall–Kier alpha value is -1.40. The van der Waals surface area contributed by atoms with Gasteiger partial charge in [-0.15, -0.1) is 11.3 Å². The third kappa shape index (κ3) is 3.28. The number of carboxylic acids is 1. The summed E-state index contributed by atoms with van der Waals surface area (Å²) in [6, 6.07) is 3.41. The number of nitrogens with zero attached hydrogens (tertiary/aromatic N) is 1. The first-order chi connectivity index (χ1) is 8.15. The summed E-state index contributed by atoms with van der Waals surface area (Å²) in [5.74, 6) is -0.559. The molecule has 0 aliphatic heterocycles. The van der Waals surface area contributed by atoms with Gasteiger partial charge < -0.3 is 9.84 Å². The number of carboxylic acid groups (broad SMARTS) is 1. The van der Waals surface area contributed by atoms with E-state index in [0.717, 1.165) is 9.35 Å². The van der Waals surface area contributed by atoms with Crippen molar-refractivity contribution in [2.75, 3.05) is 0 Å². The molecule has 2 heterocycles. The van der Waals surface area contributed by atoms with Crippen LogP contribution in [0.25, 0.3) is 0 Å². The molecule has 0 atom stereocenters. The van der Waals surface area contributed by atoms with Gasteiger partial charge in [0.15, 0.2) is 0 Å². The van der Waals surface area contributed by atoms with E-state index in [1.807, 2.05) is 11.4 Å². The first-order valence-electron chi connectivity index (χ1n) is 4.69. The van der Waals surface area contributed by atoms with Crippen LogP contribution in [0, 0.1) is 0 Å². The average Bonchev–Trinajstić information content (AvgIpc) is 2.73. The predicted octanol–water partition coefficient (Wildman–Crippen LogP) is 3.18. The Bertz CT molecular complexity index is 541. The molecule has 0 aromatic carbocycles. The monoisotopic (exact) mass is 313 g/mol. The molecule has 6 heteroatoms. The molecular weight excluding hydrogens is 306 g/mol. The van der Waals surface area contributed by atoms with Gasteiger partial charge in [0.1, 0.15) is 12.4 Å². The van der Waals surface area contributed by atoms with Crippen molar-refractivity contribution in [3.05, 3.63) is 44.8 Å². The van der Waals surface area contributed by atoms with E-state index in [1.165, 1.54) is 18.5 Å². The fourth-order valence-corrected chi connectivity index (χ4v) is 2.56. The van der Waals surface area contributed by atoms with Crippen LogP contribution in [0.2, 0.25) is 0 Å². The maximum Gasteiger partial charge on any atom is 0.337 e. The van der Waals surface area contributed by atoms with Crippen LogP contribution >= 0.6 is 27.3 Å². The van der Waals surface area contributed by atoms with Crippen molar-refractivity contribution < 1.29 is 14.6 Å². The van der Waals surface area contributed by atoms with Gasteiger partial charge in [-0.05, 0) is 28.1 Å². The molecule has 0 radical (unpaired) electrons. The Morgan fingerprint density at radius 3 is 2.94 bits per heavy atom. The lowest BCUT2D eigenvalue weighted by atomic mass is 10.3. The molecule has 0 unspecified atom stereocenters. The minimum absolute atomic E-state index is 0.120. The van der Waals surface area contributed by atoms with Crippen molar-refractivity contribution in [2.45, 2.75) is 6.61 Å². The molecule has 0 saturated heterocycles. The number of thiophene rings is 1. The summed E-state index contributed by atoms with van der Waals surface area (Å²) >= 11 is 4.92.